The number of halogens is 4. The zero-order chi connectivity index (χ0) is 15.5. The van der Waals surface area contributed by atoms with Gasteiger partial charge in [-0.3, -0.25) is 0 Å². The number of rotatable bonds is 4. The molecule has 0 saturated carbocycles. The van der Waals surface area contributed by atoms with Crippen molar-refractivity contribution in [1.82, 2.24) is 9.97 Å². The van der Waals surface area contributed by atoms with Gasteiger partial charge in [-0.2, -0.15) is 13.2 Å². The smallest absolute Gasteiger partial charge is 0.373 e. The molecule has 1 aromatic heterocycles. The first-order chi connectivity index (χ1) is 9.88. The highest BCUT2D eigenvalue weighted by atomic mass is 19.4. The average molecular weight is 300 g/mol. The molecule has 0 bridgehead atoms. The molecule has 1 aromatic carbocycles. The molecule has 0 atom stereocenters. The number of anilines is 2. The predicted octanol–water partition coefficient (Wildman–Crippen LogP) is 3.29. The zero-order valence-corrected chi connectivity index (χ0v) is 11.0. The molecule has 4 nitrogen and oxygen atoms in total. The van der Waals surface area contributed by atoms with Crippen LogP contribution in [0.5, 0.6) is 0 Å². The molecule has 1 heterocycles. The molecule has 8 heteroatoms. The topological polar surface area (TPSA) is 49.8 Å². The average Bonchev–Trinajstić information content (AvgIpc) is 2.44. The highest BCUT2D eigenvalue weighted by molar-refractivity contribution is 5.47. The molecule has 0 aliphatic rings. The largest absolute Gasteiger partial charge is 0.451 e. The van der Waals surface area contributed by atoms with Gasteiger partial charge in [0.2, 0.25) is 5.82 Å². The Bertz CT molecular complexity index is 628. The molecule has 21 heavy (non-hydrogen) atoms. The van der Waals surface area contributed by atoms with Crippen molar-refractivity contribution in [3.05, 3.63) is 47.5 Å². The van der Waals surface area contributed by atoms with Gasteiger partial charge < -0.3 is 10.6 Å². The second-order valence-corrected chi connectivity index (χ2v) is 4.19. The van der Waals surface area contributed by atoms with E-state index in [-0.39, 0.29) is 18.2 Å². The Hall–Kier alpha value is -2.38. The molecule has 112 valence electrons. The van der Waals surface area contributed by atoms with E-state index in [1.807, 2.05) is 0 Å². The van der Waals surface area contributed by atoms with Crippen LogP contribution in [0, 0.1) is 5.82 Å². The van der Waals surface area contributed by atoms with Crippen molar-refractivity contribution >= 4 is 11.6 Å². The first kappa shape index (κ1) is 15.0. The summed E-state index contributed by atoms with van der Waals surface area (Å²) in [6, 6.07) is 7.09. The standard InChI is InChI=1S/C13H12F4N4/c1-18-10-6-11(21-12(20-10)13(15,16)17)19-7-8-3-2-4-9(14)5-8/h2-6H,7H2,1H3,(H2,18,19,20,21). The third-order valence-corrected chi connectivity index (χ3v) is 2.60. The SMILES string of the molecule is CNc1cc(NCc2cccc(F)c2)nc(C(F)(F)F)n1. The minimum Gasteiger partial charge on any atom is -0.373 e. The maximum atomic E-state index is 13.0. The van der Waals surface area contributed by atoms with Crippen LogP contribution in [0.25, 0.3) is 0 Å². The number of nitrogens with zero attached hydrogens (tertiary/aromatic N) is 2. The Morgan fingerprint density at radius 3 is 2.43 bits per heavy atom. The summed E-state index contributed by atoms with van der Waals surface area (Å²) in [5, 5.41) is 5.25. The van der Waals surface area contributed by atoms with Crippen LogP contribution in [0.2, 0.25) is 0 Å². The van der Waals surface area contributed by atoms with E-state index in [0.29, 0.717) is 5.56 Å². The normalized spacial score (nSPS) is 11.3. The molecule has 0 saturated heterocycles. The van der Waals surface area contributed by atoms with Gasteiger partial charge in [-0.25, -0.2) is 14.4 Å². The lowest BCUT2D eigenvalue weighted by molar-refractivity contribution is -0.144. The monoisotopic (exact) mass is 300 g/mol. The fraction of sp³-hybridized carbons (Fsp3) is 0.231. The van der Waals surface area contributed by atoms with E-state index in [9.17, 15) is 17.6 Å². The lowest BCUT2D eigenvalue weighted by Crippen LogP contribution is -2.14. The molecule has 2 rings (SSSR count). The fourth-order valence-corrected chi connectivity index (χ4v) is 1.63. The summed E-state index contributed by atoms with van der Waals surface area (Å²) in [6.07, 6.45) is -4.64. The van der Waals surface area contributed by atoms with Gasteiger partial charge in [0, 0.05) is 19.7 Å². The van der Waals surface area contributed by atoms with E-state index in [4.69, 9.17) is 0 Å². The van der Waals surface area contributed by atoms with E-state index < -0.39 is 17.8 Å². The lowest BCUT2D eigenvalue weighted by atomic mass is 10.2. The van der Waals surface area contributed by atoms with Gasteiger partial charge in [-0.15, -0.1) is 0 Å². The van der Waals surface area contributed by atoms with Gasteiger partial charge in [-0.1, -0.05) is 12.1 Å². The third-order valence-electron chi connectivity index (χ3n) is 2.60. The molecule has 2 N–H and O–H groups in total. The highest BCUT2D eigenvalue weighted by Crippen LogP contribution is 2.28. The lowest BCUT2D eigenvalue weighted by Gasteiger charge is -2.11. The number of hydrogen-bond acceptors (Lipinski definition) is 4. The van der Waals surface area contributed by atoms with Crippen molar-refractivity contribution in [2.24, 2.45) is 0 Å². The molecule has 0 aliphatic heterocycles. The van der Waals surface area contributed by atoms with Gasteiger partial charge in [0.25, 0.3) is 0 Å². The van der Waals surface area contributed by atoms with Gasteiger partial charge in [0.1, 0.15) is 17.5 Å². The molecule has 0 aliphatic carbocycles. The summed E-state index contributed by atoms with van der Waals surface area (Å²) in [5.74, 6) is -1.61. The summed E-state index contributed by atoms with van der Waals surface area (Å²) < 4.78 is 51.0. The molecule has 0 fully saturated rings. The molecule has 0 amide bonds. The third kappa shape index (κ3) is 4.04. The first-order valence-corrected chi connectivity index (χ1v) is 6.01. The second-order valence-electron chi connectivity index (χ2n) is 4.19. The van der Waals surface area contributed by atoms with Crippen LogP contribution in [0.3, 0.4) is 0 Å². The minimum atomic E-state index is -4.64. The van der Waals surface area contributed by atoms with Crippen LogP contribution in [-0.4, -0.2) is 17.0 Å². The predicted molar refractivity (Wildman–Crippen MR) is 70.3 cm³/mol. The first-order valence-electron chi connectivity index (χ1n) is 6.01. The maximum absolute atomic E-state index is 13.0. The number of aromatic nitrogens is 2. The summed E-state index contributed by atoms with van der Waals surface area (Å²) in [7, 11) is 1.46. The van der Waals surface area contributed by atoms with Crippen LogP contribution >= 0.6 is 0 Å². The Balaban J connectivity index is 2.19. The number of alkyl halides is 3. The molecular weight excluding hydrogens is 288 g/mol. The molecule has 2 aromatic rings. The van der Waals surface area contributed by atoms with Gasteiger partial charge in [0.15, 0.2) is 0 Å². The molecular formula is C13H12F4N4. The number of benzene rings is 1. The Morgan fingerprint density at radius 2 is 1.81 bits per heavy atom. The van der Waals surface area contributed by atoms with Gasteiger partial charge >= 0.3 is 6.18 Å². The van der Waals surface area contributed by atoms with E-state index in [1.165, 1.54) is 31.3 Å². The Labute approximate surface area is 118 Å². The minimum absolute atomic E-state index is 0.00550. The van der Waals surface area contributed by atoms with Crippen LogP contribution < -0.4 is 10.6 Å². The van der Waals surface area contributed by atoms with E-state index in [2.05, 4.69) is 20.6 Å². The van der Waals surface area contributed by atoms with E-state index in [0.717, 1.165) is 0 Å². The summed E-state index contributed by atoms with van der Waals surface area (Å²) in [5.41, 5.74) is 0.591. The summed E-state index contributed by atoms with van der Waals surface area (Å²) in [4.78, 5) is 6.75. The zero-order valence-electron chi connectivity index (χ0n) is 11.0. The summed E-state index contributed by atoms with van der Waals surface area (Å²) >= 11 is 0. The molecule has 0 unspecified atom stereocenters. The van der Waals surface area contributed by atoms with Crippen molar-refractivity contribution in [2.75, 3.05) is 17.7 Å². The molecule has 0 radical (unpaired) electrons. The van der Waals surface area contributed by atoms with Crippen molar-refractivity contribution in [2.45, 2.75) is 12.7 Å². The van der Waals surface area contributed by atoms with Crippen LogP contribution in [0.1, 0.15) is 11.4 Å². The second kappa shape index (κ2) is 5.94. The van der Waals surface area contributed by atoms with Gasteiger partial charge in [-0.05, 0) is 17.7 Å². The van der Waals surface area contributed by atoms with Crippen molar-refractivity contribution < 1.29 is 17.6 Å². The highest BCUT2D eigenvalue weighted by Gasteiger charge is 2.35. The van der Waals surface area contributed by atoms with Crippen LogP contribution in [-0.2, 0) is 12.7 Å². The van der Waals surface area contributed by atoms with Crippen molar-refractivity contribution in [1.29, 1.82) is 0 Å². The Kier molecular flexibility index (Phi) is 4.25. The van der Waals surface area contributed by atoms with E-state index in [1.54, 1.807) is 6.07 Å². The fourth-order valence-electron chi connectivity index (χ4n) is 1.63. The quantitative estimate of drug-likeness (QED) is 0.851. The number of hydrogen-bond donors (Lipinski definition) is 2. The maximum Gasteiger partial charge on any atom is 0.451 e. The van der Waals surface area contributed by atoms with Crippen LogP contribution in [0.4, 0.5) is 29.2 Å². The van der Waals surface area contributed by atoms with Crippen molar-refractivity contribution in [3.63, 3.8) is 0 Å². The summed E-state index contributed by atoms with van der Waals surface area (Å²) in [6.45, 7) is 0.148. The van der Waals surface area contributed by atoms with E-state index >= 15 is 0 Å². The molecule has 0 spiro atoms. The van der Waals surface area contributed by atoms with Crippen LogP contribution in [0.15, 0.2) is 30.3 Å². The van der Waals surface area contributed by atoms with Gasteiger partial charge in [0.05, 0.1) is 0 Å². The Morgan fingerprint density at radius 1 is 1.10 bits per heavy atom. The van der Waals surface area contributed by atoms with Crippen molar-refractivity contribution in [3.8, 4) is 0 Å². The number of nitrogens with one attached hydrogen (secondary N) is 2.